The van der Waals surface area contributed by atoms with Gasteiger partial charge in [-0.05, 0) is 0 Å². The van der Waals surface area contributed by atoms with Crippen LogP contribution >= 0.6 is 0 Å². The van der Waals surface area contributed by atoms with Crippen molar-refractivity contribution in [3.63, 3.8) is 0 Å². The van der Waals surface area contributed by atoms with Crippen LogP contribution in [-0.4, -0.2) is 29.6 Å². The molecule has 0 radical (unpaired) electrons. The number of aromatic amines is 1. The molecule has 0 saturated heterocycles. The molecule has 0 amide bonds. The van der Waals surface area contributed by atoms with Gasteiger partial charge >= 0.3 is 5.97 Å². The Morgan fingerprint density at radius 3 is 3.38 bits per heavy atom. The summed E-state index contributed by atoms with van der Waals surface area (Å²) in [6.45, 7) is 0.773. The van der Waals surface area contributed by atoms with E-state index in [2.05, 4.69) is 20.0 Å². The Labute approximate surface area is 75.5 Å². The van der Waals surface area contributed by atoms with E-state index in [1.54, 1.807) is 6.33 Å². The zero-order chi connectivity index (χ0) is 9.26. The van der Waals surface area contributed by atoms with Crippen LogP contribution in [0.5, 0.6) is 0 Å². The monoisotopic (exact) mass is 181 g/mol. The molecule has 5 nitrogen and oxygen atoms in total. The van der Waals surface area contributed by atoms with Gasteiger partial charge in [-0.2, -0.15) is 0 Å². The number of carbonyl (C=O) groups is 1. The Hall–Kier alpha value is -1.36. The molecule has 0 saturated carbocycles. The van der Waals surface area contributed by atoms with Gasteiger partial charge in [-0.1, -0.05) is 0 Å². The highest BCUT2D eigenvalue weighted by Gasteiger charge is 2.28. The number of methoxy groups -OCH3 is 1. The zero-order valence-electron chi connectivity index (χ0n) is 7.33. The molecule has 1 aromatic rings. The van der Waals surface area contributed by atoms with E-state index >= 15 is 0 Å². The van der Waals surface area contributed by atoms with Crippen molar-refractivity contribution in [2.45, 2.75) is 12.5 Å². The average molecular weight is 181 g/mol. The number of hydrogen-bond donors (Lipinski definition) is 2. The number of nitrogens with one attached hydrogen (secondary N) is 2. The number of H-pyrrole nitrogens is 1. The largest absolute Gasteiger partial charge is 0.468 e. The summed E-state index contributed by atoms with van der Waals surface area (Å²) in [5.74, 6) is -0.284. The second-order valence-electron chi connectivity index (χ2n) is 2.93. The lowest BCUT2D eigenvalue weighted by atomic mass is 10.1. The topological polar surface area (TPSA) is 67.0 Å². The highest BCUT2D eigenvalue weighted by molar-refractivity contribution is 5.77. The maximum Gasteiger partial charge on any atom is 0.329 e. The van der Waals surface area contributed by atoms with Crippen molar-refractivity contribution in [2.24, 2.45) is 0 Å². The molecule has 1 atom stereocenters. The number of rotatable bonds is 1. The summed E-state index contributed by atoms with van der Waals surface area (Å²) in [6.07, 6.45) is 2.48. The molecule has 2 heterocycles. The summed E-state index contributed by atoms with van der Waals surface area (Å²) in [5, 5.41) is 3.06. The third-order valence-electron chi connectivity index (χ3n) is 2.19. The summed E-state index contributed by atoms with van der Waals surface area (Å²) in [6, 6.07) is -0.403. The third-order valence-corrected chi connectivity index (χ3v) is 2.19. The van der Waals surface area contributed by atoms with E-state index in [0.29, 0.717) is 0 Å². The lowest BCUT2D eigenvalue weighted by Crippen LogP contribution is -2.35. The fraction of sp³-hybridized carbons (Fsp3) is 0.500. The van der Waals surface area contributed by atoms with E-state index in [1.165, 1.54) is 7.11 Å². The number of esters is 1. The second-order valence-corrected chi connectivity index (χ2v) is 2.93. The first kappa shape index (κ1) is 8.25. The first-order chi connectivity index (χ1) is 6.33. The van der Waals surface area contributed by atoms with Gasteiger partial charge in [0.25, 0.3) is 0 Å². The Balaban J connectivity index is 2.30. The molecule has 0 spiro atoms. The highest BCUT2D eigenvalue weighted by Crippen LogP contribution is 2.19. The van der Waals surface area contributed by atoms with Crippen LogP contribution in [0.25, 0.3) is 0 Å². The van der Waals surface area contributed by atoms with Gasteiger partial charge in [0.1, 0.15) is 0 Å². The molecule has 1 aromatic heterocycles. The maximum atomic E-state index is 11.3. The zero-order valence-corrected chi connectivity index (χ0v) is 7.33. The van der Waals surface area contributed by atoms with Gasteiger partial charge in [0.05, 0.1) is 19.1 Å². The van der Waals surface area contributed by atoms with Crippen molar-refractivity contribution in [3.8, 4) is 0 Å². The molecule has 5 heteroatoms. The Morgan fingerprint density at radius 1 is 1.77 bits per heavy atom. The molecule has 13 heavy (non-hydrogen) atoms. The minimum atomic E-state index is -0.403. The standard InChI is InChI=1S/C8H11N3O2/c1-13-8(12)7-6-5(2-3-9-7)10-4-11-6/h4,7,9H,2-3H2,1H3,(H,10,11)/t7-/m1/s1. The number of carbonyl (C=O) groups excluding carboxylic acids is 1. The molecule has 70 valence electrons. The van der Waals surface area contributed by atoms with Crippen molar-refractivity contribution in [1.82, 2.24) is 15.3 Å². The molecule has 0 aliphatic carbocycles. The van der Waals surface area contributed by atoms with Gasteiger partial charge in [-0.15, -0.1) is 0 Å². The Kier molecular flexibility index (Phi) is 2.02. The molecule has 0 fully saturated rings. The SMILES string of the molecule is COC(=O)[C@@H]1NCCc2[nH]cnc21. The van der Waals surface area contributed by atoms with Crippen LogP contribution in [0, 0.1) is 0 Å². The Morgan fingerprint density at radius 2 is 2.62 bits per heavy atom. The van der Waals surface area contributed by atoms with Crippen LogP contribution in [0.15, 0.2) is 6.33 Å². The highest BCUT2D eigenvalue weighted by atomic mass is 16.5. The van der Waals surface area contributed by atoms with Crippen LogP contribution in [-0.2, 0) is 16.0 Å². The van der Waals surface area contributed by atoms with Gasteiger partial charge in [-0.25, -0.2) is 9.78 Å². The molecule has 0 aromatic carbocycles. The van der Waals surface area contributed by atoms with E-state index in [4.69, 9.17) is 0 Å². The van der Waals surface area contributed by atoms with E-state index in [-0.39, 0.29) is 5.97 Å². The summed E-state index contributed by atoms with van der Waals surface area (Å²) in [4.78, 5) is 18.4. The number of hydrogen-bond acceptors (Lipinski definition) is 4. The Bertz CT molecular complexity index is 321. The number of fused-ring (bicyclic) bond motifs is 1. The van der Waals surface area contributed by atoms with Crippen LogP contribution < -0.4 is 5.32 Å². The van der Waals surface area contributed by atoms with Crippen molar-refractivity contribution >= 4 is 5.97 Å². The molecule has 1 aliphatic heterocycles. The van der Waals surface area contributed by atoms with Gasteiger partial charge in [0.15, 0.2) is 6.04 Å². The number of imidazole rings is 1. The smallest absolute Gasteiger partial charge is 0.329 e. The predicted molar refractivity (Wildman–Crippen MR) is 45.1 cm³/mol. The van der Waals surface area contributed by atoms with Crippen LogP contribution in [0.3, 0.4) is 0 Å². The van der Waals surface area contributed by atoms with Crippen molar-refractivity contribution in [3.05, 3.63) is 17.7 Å². The number of ether oxygens (including phenoxy) is 1. The molecule has 1 aliphatic rings. The quantitative estimate of drug-likeness (QED) is 0.587. The van der Waals surface area contributed by atoms with Gasteiger partial charge in [0, 0.05) is 18.7 Å². The first-order valence-corrected chi connectivity index (χ1v) is 4.16. The minimum Gasteiger partial charge on any atom is -0.468 e. The van der Waals surface area contributed by atoms with Crippen molar-refractivity contribution < 1.29 is 9.53 Å². The molecular formula is C8H11N3O2. The maximum absolute atomic E-state index is 11.3. The summed E-state index contributed by atoms with van der Waals surface area (Å²) < 4.78 is 4.66. The van der Waals surface area contributed by atoms with Crippen molar-refractivity contribution in [2.75, 3.05) is 13.7 Å². The lowest BCUT2D eigenvalue weighted by Gasteiger charge is -2.20. The average Bonchev–Trinajstić information content (AvgIpc) is 2.63. The normalized spacial score (nSPS) is 20.8. The van der Waals surface area contributed by atoms with Gasteiger partial charge in [-0.3, -0.25) is 5.32 Å². The van der Waals surface area contributed by atoms with E-state index in [9.17, 15) is 4.79 Å². The second kappa shape index (κ2) is 3.18. The molecule has 0 bridgehead atoms. The minimum absolute atomic E-state index is 0.284. The number of aromatic nitrogens is 2. The summed E-state index contributed by atoms with van der Waals surface area (Å²) >= 11 is 0. The van der Waals surface area contributed by atoms with E-state index < -0.39 is 6.04 Å². The van der Waals surface area contributed by atoms with Gasteiger partial charge < -0.3 is 9.72 Å². The van der Waals surface area contributed by atoms with E-state index in [0.717, 1.165) is 24.4 Å². The lowest BCUT2D eigenvalue weighted by molar-refractivity contribution is -0.143. The fourth-order valence-corrected chi connectivity index (χ4v) is 1.53. The van der Waals surface area contributed by atoms with Gasteiger partial charge in [0.2, 0.25) is 0 Å². The molecule has 0 unspecified atom stereocenters. The van der Waals surface area contributed by atoms with Crippen LogP contribution in [0.1, 0.15) is 17.4 Å². The molecule has 2 N–H and O–H groups in total. The first-order valence-electron chi connectivity index (χ1n) is 4.16. The predicted octanol–water partition coefficient (Wildman–Crippen LogP) is -0.231. The van der Waals surface area contributed by atoms with E-state index in [1.807, 2.05) is 0 Å². The summed E-state index contributed by atoms with van der Waals surface area (Å²) in [5.41, 5.74) is 1.78. The fourth-order valence-electron chi connectivity index (χ4n) is 1.53. The van der Waals surface area contributed by atoms with Crippen LogP contribution in [0.2, 0.25) is 0 Å². The van der Waals surface area contributed by atoms with Crippen molar-refractivity contribution in [1.29, 1.82) is 0 Å². The molecular weight excluding hydrogens is 170 g/mol. The van der Waals surface area contributed by atoms with Crippen LogP contribution in [0.4, 0.5) is 0 Å². The molecule has 2 rings (SSSR count). The summed E-state index contributed by atoms with van der Waals surface area (Å²) in [7, 11) is 1.38. The third kappa shape index (κ3) is 1.31. The number of nitrogens with zero attached hydrogens (tertiary/aromatic N) is 1.